The van der Waals surface area contributed by atoms with E-state index >= 15 is 0 Å². The molecule has 1 amide bonds. The molecule has 4 heteroatoms. The molecule has 92 valence electrons. The van der Waals surface area contributed by atoms with Crippen LogP contribution in [0, 0.1) is 12.8 Å². The van der Waals surface area contributed by atoms with E-state index in [9.17, 15) is 4.79 Å². The molecule has 1 fully saturated rings. The van der Waals surface area contributed by atoms with Crippen molar-refractivity contribution in [3.8, 4) is 5.75 Å². The van der Waals surface area contributed by atoms with Crippen LogP contribution >= 0.6 is 11.6 Å². The van der Waals surface area contributed by atoms with E-state index in [1.165, 1.54) is 0 Å². The molecule has 0 unspecified atom stereocenters. The molecule has 1 aromatic rings. The first-order chi connectivity index (χ1) is 8.11. The molecule has 0 saturated heterocycles. The minimum Gasteiger partial charge on any atom is -0.492 e. The molecule has 0 heterocycles. The molecule has 1 aliphatic rings. The fourth-order valence-electron chi connectivity index (χ4n) is 1.64. The first kappa shape index (κ1) is 12.2. The van der Waals surface area contributed by atoms with Crippen molar-refractivity contribution in [1.29, 1.82) is 0 Å². The molecule has 1 aromatic carbocycles. The Labute approximate surface area is 106 Å². The number of nitrogens with one attached hydrogen (secondary N) is 1. The molecule has 0 spiro atoms. The molecule has 1 aliphatic carbocycles. The lowest BCUT2D eigenvalue weighted by Crippen LogP contribution is -2.14. The third-order valence-corrected chi connectivity index (χ3v) is 3.08. The summed E-state index contributed by atoms with van der Waals surface area (Å²) in [6.07, 6.45) is 1.99. The average Bonchev–Trinajstić information content (AvgIpc) is 3.09. The largest absolute Gasteiger partial charge is 0.492 e. The summed E-state index contributed by atoms with van der Waals surface area (Å²) < 4.78 is 5.39. The van der Waals surface area contributed by atoms with E-state index in [1.807, 2.05) is 19.9 Å². The SMILES string of the molecule is CCOc1cc(C)c(NC(=O)C2CC2)cc1Cl. The summed E-state index contributed by atoms with van der Waals surface area (Å²) in [6.45, 7) is 4.42. The second-order valence-electron chi connectivity index (χ2n) is 4.29. The Hall–Kier alpha value is -1.22. The molecular formula is C13H16ClNO2. The number of carbonyl (C=O) groups is 1. The van der Waals surface area contributed by atoms with Gasteiger partial charge < -0.3 is 10.1 Å². The second-order valence-corrected chi connectivity index (χ2v) is 4.70. The van der Waals surface area contributed by atoms with Crippen molar-refractivity contribution in [1.82, 2.24) is 0 Å². The van der Waals surface area contributed by atoms with Crippen molar-refractivity contribution in [2.45, 2.75) is 26.7 Å². The quantitative estimate of drug-likeness (QED) is 0.893. The lowest BCUT2D eigenvalue weighted by atomic mass is 10.2. The molecule has 0 bridgehead atoms. The number of aryl methyl sites for hydroxylation is 1. The van der Waals surface area contributed by atoms with E-state index in [0.29, 0.717) is 17.4 Å². The van der Waals surface area contributed by atoms with Gasteiger partial charge in [0, 0.05) is 11.6 Å². The van der Waals surface area contributed by atoms with Crippen LogP contribution in [0.4, 0.5) is 5.69 Å². The number of rotatable bonds is 4. The van der Waals surface area contributed by atoms with Crippen LogP contribution in [0.3, 0.4) is 0 Å². The Morgan fingerprint density at radius 2 is 2.24 bits per heavy atom. The van der Waals surface area contributed by atoms with E-state index in [2.05, 4.69) is 5.32 Å². The molecule has 2 rings (SSSR count). The van der Waals surface area contributed by atoms with Gasteiger partial charge in [0.1, 0.15) is 5.75 Å². The van der Waals surface area contributed by atoms with Crippen LogP contribution < -0.4 is 10.1 Å². The summed E-state index contributed by atoms with van der Waals surface area (Å²) in [7, 11) is 0. The van der Waals surface area contributed by atoms with E-state index in [0.717, 1.165) is 24.1 Å². The summed E-state index contributed by atoms with van der Waals surface area (Å²) in [6, 6.07) is 3.61. The molecule has 3 nitrogen and oxygen atoms in total. The molecule has 0 atom stereocenters. The van der Waals surface area contributed by atoms with Crippen LogP contribution in [0.15, 0.2) is 12.1 Å². The molecule has 0 aliphatic heterocycles. The van der Waals surface area contributed by atoms with Gasteiger partial charge in [-0.1, -0.05) is 11.6 Å². The minimum absolute atomic E-state index is 0.0910. The smallest absolute Gasteiger partial charge is 0.227 e. The van der Waals surface area contributed by atoms with Crippen LogP contribution in [0.2, 0.25) is 5.02 Å². The van der Waals surface area contributed by atoms with Crippen LogP contribution in [-0.2, 0) is 4.79 Å². The van der Waals surface area contributed by atoms with Crippen molar-refractivity contribution >= 4 is 23.2 Å². The highest BCUT2D eigenvalue weighted by atomic mass is 35.5. The zero-order valence-electron chi connectivity index (χ0n) is 10.0. The van der Waals surface area contributed by atoms with E-state index < -0.39 is 0 Å². The van der Waals surface area contributed by atoms with Gasteiger partial charge in [-0.25, -0.2) is 0 Å². The second kappa shape index (κ2) is 4.96. The Kier molecular flexibility index (Phi) is 3.57. The van der Waals surface area contributed by atoms with E-state index in [-0.39, 0.29) is 11.8 Å². The zero-order valence-corrected chi connectivity index (χ0v) is 10.8. The molecule has 1 N–H and O–H groups in total. The fourth-order valence-corrected chi connectivity index (χ4v) is 1.85. The molecule has 17 heavy (non-hydrogen) atoms. The lowest BCUT2D eigenvalue weighted by Gasteiger charge is -2.12. The molecule has 0 aromatic heterocycles. The van der Waals surface area contributed by atoms with Crippen LogP contribution in [0.25, 0.3) is 0 Å². The number of ether oxygens (including phenoxy) is 1. The van der Waals surface area contributed by atoms with Gasteiger partial charge in [0.15, 0.2) is 0 Å². The number of anilines is 1. The van der Waals surface area contributed by atoms with Crippen LogP contribution in [0.1, 0.15) is 25.3 Å². The first-order valence-corrected chi connectivity index (χ1v) is 6.23. The van der Waals surface area contributed by atoms with Crippen molar-refractivity contribution in [3.63, 3.8) is 0 Å². The highest BCUT2D eigenvalue weighted by Gasteiger charge is 2.29. The number of hydrogen-bond donors (Lipinski definition) is 1. The minimum atomic E-state index is 0.0910. The third-order valence-electron chi connectivity index (χ3n) is 2.78. The summed E-state index contributed by atoms with van der Waals surface area (Å²) in [5, 5.41) is 3.43. The predicted octanol–water partition coefficient (Wildman–Crippen LogP) is 3.40. The molecular weight excluding hydrogens is 238 g/mol. The van der Waals surface area contributed by atoms with Crippen molar-refractivity contribution in [2.24, 2.45) is 5.92 Å². The van der Waals surface area contributed by atoms with Crippen LogP contribution in [0.5, 0.6) is 5.75 Å². The number of benzene rings is 1. The standard InChI is InChI=1S/C13H16ClNO2/c1-3-17-12-6-8(2)11(7-10(12)14)15-13(16)9-4-5-9/h6-7,9H,3-5H2,1-2H3,(H,15,16). The summed E-state index contributed by atoms with van der Waals surface area (Å²) in [5.41, 5.74) is 1.74. The number of amides is 1. The highest BCUT2D eigenvalue weighted by Crippen LogP contribution is 2.34. The molecule has 0 radical (unpaired) electrons. The lowest BCUT2D eigenvalue weighted by molar-refractivity contribution is -0.117. The average molecular weight is 254 g/mol. The van der Waals surface area contributed by atoms with Gasteiger partial charge in [-0.05, 0) is 44.4 Å². The first-order valence-electron chi connectivity index (χ1n) is 5.85. The zero-order chi connectivity index (χ0) is 12.4. The normalized spacial score (nSPS) is 14.5. The maximum atomic E-state index is 11.7. The van der Waals surface area contributed by atoms with Gasteiger partial charge in [0.2, 0.25) is 5.91 Å². The summed E-state index contributed by atoms with van der Waals surface area (Å²) >= 11 is 6.08. The number of hydrogen-bond acceptors (Lipinski definition) is 2. The maximum Gasteiger partial charge on any atom is 0.227 e. The fraction of sp³-hybridized carbons (Fsp3) is 0.462. The van der Waals surface area contributed by atoms with Crippen molar-refractivity contribution in [3.05, 3.63) is 22.7 Å². The topological polar surface area (TPSA) is 38.3 Å². The Bertz CT molecular complexity index is 441. The van der Waals surface area contributed by atoms with Gasteiger partial charge in [-0.2, -0.15) is 0 Å². The molecule has 1 saturated carbocycles. The van der Waals surface area contributed by atoms with Crippen LogP contribution in [-0.4, -0.2) is 12.5 Å². The van der Waals surface area contributed by atoms with Gasteiger partial charge in [0.25, 0.3) is 0 Å². The van der Waals surface area contributed by atoms with E-state index in [1.54, 1.807) is 6.07 Å². The summed E-state index contributed by atoms with van der Waals surface area (Å²) in [4.78, 5) is 11.7. The Morgan fingerprint density at radius 3 is 2.82 bits per heavy atom. The van der Waals surface area contributed by atoms with Gasteiger partial charge >= 0.3 is 0 Å². The van der Waals surface area contributed by atoms with Crippen molar-refractivity contribution < 1.29 is 9.53 Å². The predicted molar refractivity (Wildman–Crippen MR) is 68.7 cm³/mol. The van der Waals surface area contributed by atoms with Crippen molar-refractivity contribution in [2.75, 3.05) is 11.9 Å². The highest BCUT2D eigenvalue weighted by molar-refractivity contribution is 6.32. The maximum absolute atomic E-state index is 11.7. The van der Waals surface area contributed by atoms with Gasteiger partial charge in [-0.3, -0.25) is 4.79 Å². The Morgan fingerprint density at radius 1 is 1.53 bits per heavy atom. The Balaban J connectivity index is 2.16. The summed E-state index contributed by atoms with van der Waals surface area (Å²) in [5.74, 6) is 0.948. The number of halogens is 1. The van der Waals surface area contributed by atoms with Gasteiger partial charge in [-0.15, -0.1) is 0 Å². The monoisotopic (exact) mass is 253 g/mol. The number of carbonyl (C=O) groups excluding carboxylic acids is 1. The third kappa shape index (κ3) is 2.91. The van der Waals surface area contributed by atoms with E-state index in [4.69, 9.17) is 16.3 Å². The van der Waals surface area contributed by atoms with Gasteiger partial charge in [0.05, 0.1) is 11.6 Å².